The zero-order valence-corrected chi connectivity index (χ0v) is 14.7. The number of aliphatic hydroxyl groups is 1. The molecule has 128 valence electrons. The van der Waals surface area contributed by atoms with Crippen LogP contribution in [0.3, 0.4) is 0 Å². The maximum atomic E-state index is 12.0. The predicted molar refractivity (Wildman–Crippen MR) is 90.9 cm³/mol. The summed E-state index contributed by atoms with van der Waals surface area (Å²) in [6.45, 7) is 4.24. The number of sulfonamides is 1. The Morgan fingerprint density at radius 1 is 1.17 bits per heavy atom. The summed E-state index contributed by atoms with van der Waals surface area (Å²) < 4.78 is 25.7. The molecular formula is C17H26N2O3S. The summed E-state index contributed by atoms with van der Waals surface area (Å²) in [6.07, 6.45) is 3.14. The molecule has 6 heteroatoms. The van der Waals surface area contributed by atoms with Crippen LogP contribution in [0.1, 0.15) is 29.9 Å². The van der Waals surface area contributed by atoms with E-state index < -0.39 is 10.0 Å². The van der Waals surface area contributed by atoms with E-state index in [4.69, 9.17) is 0 Å². The number of hydrogen-bond donors (Lipinski definition) is 1. The van der Waals surface area contributed by atoms with E-state index in [9.17, 15) is 13.5 Å². The fraction of sp³-hybridized carbons (Fsp3) is 0.647. The number of aryl methyl sites for hydroxylation is 1. The van der Waals surface area contributed by atoms with Gasteiger partial charge >= 0.3 is 0 Å². The Balaban J connectivity index is 1.88. The minimum absolute atomic E-state index is 0.0993. The number of nitrogens with zero attached hydrogens (tertiary/aromatic N) is 2. The van der Waals surface area contributed by atoms with Crippen LogP contribution in [0.15, 0.2) is 24.3 Å². The second-order valence-electron chi connectivity index (χ2n) is 6.82. The van der Waals surface area contributed by atoms with Crippen LogP contribution in [-0.4, -0.2) is 67.3 Å². The van der Waals surface area contributed by atoms with Gasteiger partial charge in [0.25, 0.3) is 0 Å². The topological polar surface area (TPSA) is 60.9 Å². The fourth-order valence-corrected chi connectivity index (χ4v) is 4.88. The van der Waals surface area contributed by atoms with Gasteiger partial charge < -0.3 is 5.11 Å². The Morgan fingerprint density at radius 3 is 2.43 bits per heavy atom. The van der Waals surface area contributed by atoms with Gasteiger partial charge in [-0.15, -0.1) is 0 Å². The van der Waals surface area contributed by atoms with Crippen molar-refractivity contribution in [3.63, 3.8) is 0 Å². The summed E-state index contributed by atoms with van der Waals surface area (Å²) in [7, 11) is -3.18. The zero-order valence-electron chi connectivity index (χ0n) is 13.9. The Labute approximate surface area is 139 Å². The van der Waals surface area contributed by atoms with Gasteiger partial charge in [-0.1, -0.05) is 29.8 Å². The van der Waals surface area contributed by atoms with Gasteiger partial charge in [-0.05, 0) is 31.9 Å². The highest BCUT2D eigenvalue weighted by molar-refractivity contribution is 7.88. The van der Waals surface area contributed by atoms with Gasteiger partial charge in [0.1, 0.15) is 0 Å². The summed E-state index contributed by atoms with van der Waals surface area (Å²) in [5.41, 5.74) is 2.41. The molecule has 2 aliphatic heterocycles. The second kappa shape index (κ2) is 6.51. The monoisotopic (exact) mass is 338 g/mol. The highest BCUT2D eigenvalue weighted by Gasteiger charge is 2.49. The molecule has 5 nitrogen and oxygen atoms in total. The smallest absolute Gasteiger partial charge is 0.211 e. The molecule has 2 aliphatic rings. The van der Waals surface area contributed by atoms with Gasteiger partial charge in [0, 0.05) is 31.1 Å². The van der Waals surface area contributed by atoms with Crippen molar-refractivity contribution < 1.29 is 13.5 Å². The van der Waals surface area contributed by atoms with Crippen molar-refractivity contribution in [1.82, 2.24) is 9.21 Å². The van der Waals surface area contributed by atoms with E-state index in [1.54, 1.807) is 4.31 Å². The Kier molecular flexibility index (Phi) is 4.78. The maximum Gasteiger partial charge on any atom is 0.211 e. The molecule has 3 rings (SSSR count). The van der Waals surface area contributed by atoms with Crippen molar-refractivity contribution in [2.75, 3.05) is 32.5 Å². The fourth-order valence-electron chi connectivity index (χ4n) is 4.00. The van der Waals surface area contributed by atoms with Crippen LogP contribution in [0, 0.1) is 6.92 Å². The third kappa shape index (κ3) is 3.31. The van der Waals surface area contributed by atoms with E-state index in [1.807, 2.05) is 0 Å². The highest BCUT2D eigenvalue weighted by Crippen LogP contribution is 2.42. The van der Waals surface area contributed by atoms with Crippen LogP contribution in [0.5, 0.6) is 0 Å². The molecule has 23 heavy (non-hydrogen) atoms. The van der Waals surface area contributed by atoms with Crippen LogP contribution < -0.4 is 0 Å². The van der Waals surface area contributed by atoms with E-state index in [0.29, 0.717) is 13.1 Å². The minimum atomic E-state index is -3.18. The molecule has 1 aromatic carbocycles. The predicted octanol–water partition coefficient (Wildman–Crippen LogP) is 1.18. The third-order valence-electron chi connectivity index (χ3n) is 5.26. The molecule has 0 radical (unpaired) electrons. The van der Waals surface area contributed by atoms with Gasteiger partial charge in [0.2, 0.25) is 10.0 Å². The zero-order chi connectivity index (χ0) is 16.6. The minimum Gasteiger partial charge on any atom is -0.395 e. The molecule has 2 saturated heterocycles. The van der Waals surface area contributed by atoms with Crippen molar-refractivity contribution in [3.8, 4) is 0 Å². The molecule has 2 fully saturated rings. The Bertz CT molecular complexity index is 644. The van der Waals surface area contributed by atoms with Crippen LogP contribution in [0.4, 0.5) is 0 Å². The first kappa shape index (κ1) is 16.9. The van der Waals surface area contributed by atoms with E-state index in [1.165, 1.54) is 17.4 Å². The Hall–Kier alpha value is -0.950. The van der Waals surface area contributed by atoms with Gasteiger partial charge in [-0.3, -0.25) is 4.90 Å². The molecular weight excluding hydrogens is 312 g/mol. The molecule has 0 spiro atoms. The number of hydrogen-bond acceptors (Lipinski definition) is 4. The molecule has 0 saturated carbocycles. The molecule has 0 aliphatic carbocycles. The molecule has 0 amide bonds. The van der Waals surface area contributed by atoms with Crippen LogP contribution >= 0.6 is 0 Å². The van der Waals surface area contributed by atoms with Gasteiger partial charge in [0.15, 0.2) is 0 Å². The highest BCUT2D eigenvalue weighted by atomic mass is 32.2. The van der Waals surface area contributed by atoms with Crippen LogP contribution in [0.2, 0.25) is 0 Å². The standard InChI is InChI=1S/C17H26N2O3S/c1-13-5-7-14(8-6-13)17-15-11-18(23(2,21)22)9-3-4-10-19(15)16(17)12-20/h5-8,15-17,20H,3-4,9-12H2,1-2H3/t15-,16+,17-/m0/s1. The van der Waals surface area contributed by atoms with E-state index in [2.05, 4.69) is 36.1 Å². The number of benzene rings is 1. The first-order valence-electron chi connectivity index (χ1n) is 8.30. The molecule has 1 N–H and O–H groups in total. The maximum absolute atomic E-state index is 12.0. The summed E-state index contributed by atoms with van der Waals surface area (Å²) in [5.74, 6) is 0.197. The van der Waals surface area contributed by atoms with Crippen LogP contribution in [0.25, 0.3) is 0 Å². The number of fused-ring (bicyclic) bond motifs is 1. The van der Waals surface area contributed by atoms with Crippen molar-refractivity contribution >= 4 is 10.0 Å². The largest absolute Gasteiger partial charge is 0.395 e. The summed E-state index contributed by atoms with van der Waals surface area (Å²) in [4.78, 5) is 2.29. The third-order valence-corrected chi connectivity index (χ3v) is 6.53. The summed E-state index contributed by atoms with van der Waals surface area (Å²) in [6, 6.07) is 8.66. The second-order valence-corrected chi connectivity index (χ2v) is 8.80. The normalized spacial score (nSPS) is 30.1. The number of aliphatic hydroxyl groups excluding tert-OH is 1. The molecule has 0 aromatic heterocycles. The quantitative estimate of drug-likeness (QED) is 0.899. The van der Waals surface area contributed by atoms with Crippen molar-refractivity contribution in [1.29, 1.82) is 0 Å². The molecule has 0 unspecified atom stereocenters. The van der Waals surface area contributed by atoms with Crippen molar-refractivity contribution in [3.05, 3.63) is 35.4 Å². The molecule has 1 aromatic rings. The van der Waals surface area contributed by atoms with Crippen LogP contribution in [-0.2, 0) is 10.0 Å². The van der Waals surface area contributed by atoms with Gasteiger partial charge in [0.05, 0.1) is 12.9 Å². The van der Waals surface area contributed by atoms with Crippen molar-refractivity contribution in [2.45, 2.75) is 37.8 Å². The van der Waals surface area contributed by atoms with Crippen molar-refractivity contribution in [2.24, 2.45) is 0 Å². The Morgan fingerprint density at radius 2 is 1.83 bits per heavy atom. The first-order valence-corrected chi connectivity index (χ1v) is 10.1. The molecule has 2 heterocycles. The lowest BCUT2D eigenvalue weighted by Gasteiger charge is -2.57. The molecule has 3 atom stereocenters. The lowest BCUT2D eigenvalue weighted by molar-refractivity contribution is -0.0553. The number of rotatable bonds is 3. The summed E-state index contributed by atoms with van der Waals surface area (Å²) >= 11 is 0. The lowest BCUT2D eigenvalue weighted by atomic mass is 9.74. The van der Waals surface area contributed by atoms with Gasteiger partial charge in [-0.2, -0.15) is 0 Å². The van der Waals surface area contributed by atoms with E-state index >= 15 is 0 Å². The van der Waals surface area contributed by atoms with Gasteiger partial charge in [-0.25, -0.2) is 12.7 Å². The SMILES string of the molecule is Cc1ccc([C@@H]2[C@@H](CO)N3CCCCN(S(C)(=O)=O)C[C@@H]23)cc1. The first-order chi connectivity index (χ1) is 10.9. The van der Waals surface area contributed by atoms with E-state index in [0.717, 1.165) is 19.4 Å². The summed E-state index contributed by atoms with van der Waals surface area (Å²) in [5, 5.41) is 9.83. The average Bonchev–Trinajstić information content (AvgIpc) is 2.46. The van der Waals surface area contributed by atoms with E-state index in [-0.39, 0.29) is 24.6 Å². The lowest BCUT2D eigenvalue weighted by Crippen LogP contribution is -2.67. The average molecular weight is 338 g/mol. The molecule has 0 bridgehead atoms.